The first-order chi connectivity index (χ1) is 14.8. The molecular formula is C24H31N3O4. The van der Waals surface area contributed by atoms with Gasteiger partial charge in [-0.3, -0.25) is 14.4 Å². The Morgan fingerprint density at radius 3 is 2.35 bits per heavy atom. The zero-order valence-corrected chi connectivity index (χ0v) is 18.6. The van der Waals surface area contributed by atoms with Crippen molar-refractivity contribution < 1.29 is 14.3 Å². The topological polar surface area (TPSA) is 89.4 Å². The molecule has 7 heteroatoms. The largest absolute Gasteiger partial charge is 0.371 e. The molecule has 1 aliphatic rings. The zero-order valence-electron chi connectivity index (χ0n) is 18.6. The van der Waals surface area contributed by atoms with E-state index in [9.17, 15) is 14.4 Å². The van der Waals surface area contributed by atoms with Gasteiger partial charge in [0.15, 0.2) is 0 Å². The molecule has 2 heterocycles. The van der Waals surface area contributed by atoms with Crippen LogP contribution >= 0.6 is 0 Å². The Hall–Kier alpha value is -2.93. The molecule has 3 rings (SSSR count). The van der Waals surface area contributed by atoms with Crippen molar-refractivity contribution in [3.63, 3.8) is 0 Å². The molecule has 0 saturated carbocycles. The Balaban J connectivity index is 1.82. The number of rotatable bonds is 7. The first-order valence-corrected chi connectivity index (χ1v) is 10.8. The standard InChI is InChI=1S/C24H31N3O4/c1-15(2)11-25-23(29)19-13-27(16(3)4)14-20(22(19)28)24(30)26-12-21-18-8-6-5-7-17(18)9-10-31-21/h5-8,13-16,21H,9-12H2,1-4H3,(H,25,29)(H,26,30)/t21-/m1/s1. The third kappa shape index (κ3) is 5.41. The molecule has 1 aromatic heterocycles. The Labute approximate surface area is 182 Å². The molecule has 0 fully saturated rings. The number of ether oxygens (including phenoxy) is 1. The first kappa shape index (κ1) is 22.7. The minimum absolute atomic E-state index is 0.0163. The van der Waals surface area contributed by atoms with Crippen LogP contribution in [0.4, 0.5) is 0 Å². The summed E-state index contributed by atoms with van der Waals surface area (Å²) in [6, 6.07) is 7.98. The van der Waals surface area contributed by atoms with E-state index >= 15 is 0 Å². The molecule has 1 aromatic carbocycles. The van der Waals surface area contributed by atoms with E-state index in [0.29, 0.717) is 13.2 Å². The van der Waals surface area contributed by atoms with Gasteiger partial charge in [0.1, 0.15) is 17.2 Å². The van der Waals surface area contributed by atoms with Crippen molar-refractivity contribution in [3.05, 3.63) is 69.1 Å². The van der Waals surface area contributed by atoms with E-state index in [1.54, 1.807) is 4.57 Å². The van der Waals surface area contributed by atoms with E-state index in [0.717, 1.165) is 12.0 Å². The third-order valence-electron chi connectivity index (χ3n) is 5.34. The van der Waals surface area contributed by atoms with Crippen LogP contribution in [-0.2, 0) is 11.2 Å². The summed E-state index contributed by atoms with van der Waals surface area (Å²) in [4.78, 5) is 38.5. The van der Waals surface area contributed by atoms with E-state index < -0.39 is 17.2 Å². The van der Waals surface area contributed by atoms with Crippen LogP contribution in [0.2, 0.25) is 0 Å². The molecule has 31 heavy (non-hydrogen) atoms. The molecular weight excluding hydrogens is 394 g/mol. The van der Waals surface area contributed by atoms with Gasteiger partial charge in [-0.15, -0.1) is 0 Å². The van der Waals surface area contributed by atoms with Gasteiger partial charge in [0.05, 0.1) is 6.61 Å². The minimum atomic E-state index is -0.569. The highest BCUT2D eigenvalue weighted by Gasteiger charge is 2.24. The van der Waals surface area contributed by atoms with Crippen molar-refractivity contribution in [1.29, 1.82) is 0 Å². The van der Waals surface area contributed by atoms with Crippen LogP contribution in [0.1, 0.15) is 71.7 Å². The number of hydrogen-bond acceptors (Lipinski definition) is 4. The van der Waals surface area contributed by atoms with Crippen molar-refractivity contribution >= 4 is 11.8 Å². The highest BCUT2D eigenvalue weighted by atomic mass is 16.5. The van der Waals surface area contributed by atoms with Gasteiger partial charge < -0.3 is 19.9 Å². The van der Waals surface area contributed by atoms with Crippen LogP contribution in [0.25, 0.3) is 0 Å². The maximum atomic E-state index is 13.0. The molecule has 1 atom stereocenters. The summed E-state index contributed by atoms with van der Waals surface area (Å²) >= 11 is 0. The highest BCUT2D eigenvalue weighted by molar-refractivity contribution is 5.99. The van der Waals surface area contributed by atoms with Crippen LogP contribution in [0.5, 0.6) is 0 Å². The summed E-state index contributed by atoms with van der Waals surface area (Å²) in [6.45, 7) is 9.09. The average molecular weight is 426 g/mol. The van der Waals surface area contributed by atoms with E-state index in [-0.39, 0.29) is 35.7 Å². The summed E-state index contributed by atoms with van der Waals surface area (Å²) in [5, 5.41) is 5.59. The predicted molar refractivity (Wildman–Crippen MR) is 119 cm³/mol. The Morgan fingerprint density at radius 1 is 1.06 bits per heavy atom. The van der Waals surface area contributed by atoms with E-state index in [1.165, 1.54) is 18.0 Å². The Bertz CT molecular complexity index is 1010. The van der Waals surface area contributed by atoms with Crippen molar-refractivity contribution in [2.75, 3.05) is 19.7 Å². The van der Waals surface area contributed by atoms with Gasteiger partial charge in [0.25, 0.3) is 11.8 Å². The minimum Gasteiger partial charge on any atom is -0.371 e. The molecule has 2 aromatic rings. The fraction of sp³-hybridized carbons (Fsp3) is 0.458. The molecule has 0 saturated heterocycles. The number of carbonyl (C=O) groups is 2. The SMILES string of the molecule is CC(C)CNC(=O)c1cn(C(C)C)cc(C(=O)NC[C@H]2OCCc3ccccc32)c1=O. The van der Waals surface area contributed by atoms with E-state index in [4.69, 9.17) is 4.74 Å². The summed E-state index contributed by atoms with van der Waals surface area (Å²) in [7, 11) is 0. The van der Waals surface area contributed by atoms with Crippen LogP contribution < -0.4 is 16.1 Å². The van der Waals surface area contributed by atoms with Gasteiger partial charge >= 0.3 is 0 Å². The normalized spacial score (nSPS) is 15.6. The Kier molecular flexibility index (Phi) is 7.28. The molecule has 166 valence electrons. The van der Waals surface area contributed by atoms with Crippen molar-refractivity contribution in [3.8, 4) is 0 Å². The van der Waals surface area contributed by atoms with E-state index in [2.05, 4.69) is 16.7 Å². The third-order valence-corrected chi connectivity index (χ3v) is 5.34. The number of carbonyl (C=O) groups excluding carboxylic acids is 2. The van der Waals surface area contributed by atoms with Crippen LogP contribution in [0.15, 0.2) is 41.5 Å². The molecule has 1 aliphatic heterocycles. The van der Waals surface area contributed by atoms with Crippen LogP contribution in [0.3, 0.4) is 0 Å². The van der Waals surface area contributed by atoms with Gasteiger partial charge in [0, 0.05) is 31.5 Å². The molecule has 0 aliphatic carbocycles. The molecule has 0 bridgehead atoms. The fourth-order valence-electron chi connectivity index (χ4n) is 3.54. The molecule has 0 radical (unpaired) electrons. The summed E-state index contributed by atoms with van der Waals surface area (Å²) in [5.41, 5.74) is 1.62. The fourth-order valence-corrected chi connectivity index (χ4v) is 3.54. The number of fused-ring (bicyclic) bond motifs is 1. The monoisotopic (exact) mass is 425 g/mol. The van der Waals surface area contributed by atoms with E-state index in [1.807, 2.05) is 45.9 Å². The number of hydrogen-bond donors (Lipinski definition) is 2. The number of amides is 2. The predicted octanol–water partition coefficient (Wildman–Crippen LogP) is 2.86. The van der Waals surface area contributed by atoms with Gasteiger partial charge in [-0.05, 0) is 37.3 Å². The van der Waals surface area contributed by atoms with Gasteiger partial charge in [0.2, 0.25) is 5.43 Å². The quantitative estimate of drug-likeness (QED) is 0.714. The van der Waals surface area contributed by atoms with Crippen molar-refractivity contribution in [2.45, 2.75) is 46.3 Å². The second-order valence-corrected chi connectivity index (χ2v) is 8.58. The lowest BCUT2D eigenvalue weighted by Crippen LogP contribution is -2.38. The molecule has 0 spiro atoms. The first-order valence-electron chi connectivity index (χ1n) is 10.8. The van der Waals surface area contributed by atoms with Gasteiger partial charge in [-0.2, -0.15) is 0 Å². The second-order valence-electron chi connectivity index (χ2n) is 8.58. The van der Waals surface area contributed by atoms with Crippen LogP contribution in [-0.4, -0.2) is 36.1 Å². The number of aromatic nitrogens is 1. The maximum Gasteiger partial charge on any atom is 0.256 e. The average Bonchev–Trinajstić information content (AvgIpc) is 2.75. The Morgan fingerprint density at radius 2 is 1.71 bits per heavy atom. The van der Waals surface area contributed by atoms with Crippen LogP contribution in [0, 0.1) is 5.92 Å². The number of benzene rings is 1. The molecule has 0 unspecified atom stereocenters. The van der Waals surface area contributed by atoms with Crippen molar-refractivity contribution in [2.24, 2.45) is 5.92 Å². The smallest absolute Gasteiger partial charge is 0.256 e. The molecule has 2 N–H and O–H groups in total. The molecule has 2 amide bonds. The summed E-state index contributed by atoms with van der Waals surface area (Å²) in [5.74, 6) is -0.724. The number of pyridine rings is 1. The lowest BCUT2D eigenvalue weighted by atomic mass is 9.97. The summed E-state index contributed by atoms with van der Waals surface area (Å²) < 4.78 is 7.55. The van der Waals surface area contributed by atoms with Gasteiger partial charge in [-0.1, -0.05) is 38.1 Å². The van der Waals surface area contributed by atoms with Gasteiger partial charge in [-0.25, -0.2) is 0 Å². The number of nitrogens with one attached hydrogen (secondary N) is 2. The second kappa shape index (κ2) is 9.92. The van der Waals surface area contributed by atoms with Crippen molar-refractivity contribution in [1.82, 2.24) is 15.2 Å². The highest BCUT2D eigenvalue weighted by Crippen LogP contribution is 2.26. The molecule has 7 nitrogen and oxygen atoms in total. The summed E-state index contributed by atoms with van der Waals surface area (Å²) in [6.07, 6.45) is 3.60. The zero-order chi connectivity index (χ0) is 22.5. The lowest BCUT2D eigenvalue weighted by Gasteiger charge is -2.26. The maximum absolute atomic E-state index is 13.0. The number of nitrogens with zero attached hydrogens (tertiary/aromatic N) is 1. The lowest BCUT2D eigenvalue weighted by molar-refractivity contribution is 0.0411.